The molecule has 15 heteroatoms. The van der Waals surface area contributed by atoms with Crippen molar-refractivity contribution in [3.63, 3.8) is 0 Å². The molecule has 1 aromatic heterocycles. The second-order valence-corrected chi connectivity index (χ2v) is 10.2. The van der Waals surface area contributed by atoms with Crippen LogP contribution >= 0.6 is 12.6 Å². The lowest BCUT2D eigenvalue weighted by atomic mass is 10.0. The second-order valence-electron chi connectivity index (χ2n) is 9.67. The summed E-state index contributed by atoms with van der Waals surface area (Å²) in [5, 5.41) is 12.7. The molecular weight excluding hydrogens is 601 g/mol. The number of alkyl halides is 7. The zero-order valence-corrected chi connectivity index (χ0v) is 23.4. The van der Waals surface area contributed by atoms with Crippen molar-refractivity contribution in [2.45, 2.75) is 43.3 Å². The number of anilines is 2. The standard InChI is InChI=1S/C28H25F7N6OS/c1-16(2)21-5-3-4-6-22(21)38-25(43)39-24(42)37-19-11-7-17(8-12-19)23-36-15-41(40-23)20-13-9-18(10-14-20)26(29,30)27(31,32)28(33,34)35/h3-16,25,38,43H,1-2H3,(H2,37,39,42). The zero-order valence-electron chi connectivity index (χ0n) is 22.5. The van der Waals surface area contributed by atoms with Gasteiger partial charge in [-0.3, -0.25) is 0 Å². The predicted octanol–water partition coefficient (Wildman–Crippen LogP) is 7.79. The number of para-hydroxylation sites is 1. The topological polar surface area (TPSA) is 83.9 Å². The first-order valence-electron chi connectivity index (χ1n) is 12.7. The summed E-state index contributed by atoms with van der Waals surface area (Å²) in [5.41, 5.74) is 0.757. The largest absolute Gasteiger partial charge is 0.460 e. The molecule has 0 aliphatic rings. The summed E-state index contributed by atoms with van der Waals surface area (Å²) in [7, 11) is 0. The number of carbonyl (C=O) groups excluding carboxylic acids is 1. The van der Waals surface area contributed by atoms with E-state index in [-0.39, 0.29) is 17.4 Å². The number of hydrogen-bond donors (Lipinski definition) is 4. The van der Waals surface area contributed by atoms with Gasteiger partial charge in [-0.25, -0.2) is 14.5 Å². The summed E-state index contributed by atoms with van der Waals surface area (Å²) in [4.78, 5) is 16.6. The lowest BCUT2D eigenvalue weighted by Crippen LogP contribution is -2.50. The van der Waals surface area contributed by atoms with Crippen LogP contribution in [0.3, 0.4) is 0 Å². The average Bonchev–Trinajstić information content (AvgIpc) is 3.43. The van der Waals surface area contributed by atoms with Crippen molar-refractivity contribution in [2.75, 3.05) is 10.6 Å². The van der Waals surface area contributed by atoms with Gasteiger partial charge in [-0.05, 0) is 53.9 Å². The first kappa shape index (κ1) is 31.7. The molecule has 0 spiro atoms. The Morgan fingerprint density at radius 1 is 0.884 bits per heavy atom. The van der Waals surface area contributed by atoms with Gasteiger partial charge in [0.1, 0.15) is 11.8 Å². The number of aromatic nitrogens is 3. The summed E-state index contributed by atoms with van der Waals surface area (Å²) in [5.74, 6) is -11.3. The van der Waals surface area contributed by atoms with Crippen LogP contribution in [0.25, 0.3) is 17.1 Å². The fourth-order valence-electron chi connectivity index (χ4n) is 4.01. The number of carbonyl (C=O) groups is 1. The molecule has 1 heterocycles. The minimum absolute atomic E-state index is 0.0921. The molecule has 43 heavy (non-hydrogen) atoms. The smallest absolute Gasteiger partial charge is 0.357 e. The van der Waals surface area contributed by atoms with Crippen LogP contribution in [0.15, 0.2) is 79.1 Å². The summed E-state index contributed by atoms with van der Waals surface area (Å²) >= 11 is 4.39. The SMILES string of the molecule is CC(C)c1ccccc1NC(S)NC(=O)Nc1ccc(-c2ncn(-c3ccc(C(F)(F)C(F)(F)C(F)(F)F)cc3)n2)cc1. The van der Waals surface area contributed by atoms with Gasteiger partial charge in [0.25, 0.3) is 0 Å². The van der Waals surface area contributed by atoms with E-state index in [2.05, 4.69) is 52.5 Å². The van der Waals surface area contributed by atoms with E-state index in [0.29, 0.717) is 23.4 Å². The van der Waals surface area contributed by atoms with Crippen molar-refractivity contribution in [2.24, 2.45) is 0 Å². The number of nitrogens with zero attached hydrogens (tertiary/aromatic N) is 3. The number of urea groups is 1. The van der Waals surface area contributed by atoms with Gasteiger partial charge >= 0.3 is 24.1 Å². The van der Waals surface area contributed by atoms with E-state index in [0.717, 1.165) is 28.1 Å². The van der Waals surface area contributed by atoms with E-state index in [4.69, 9.17) is 0 Å². The van der Waals surface area contributed by atoms with Gasteiger partial charge in [0, 0.05) is 22.5 Å². The number of rotatable bonds is 9. The molecule has 4 aromatic rings. The van der Waals surface area contributed by atoms with Gasteiger partial charge in [-0.2, -0.15) is 30.7 Å². The van der Waals surface area contributed by atoms with Crippen LogP contribution in [0.2, 0.25) is 0 Å². The molecule has 3 N–H and O–H groups in total. The molecule has 0 saturated heterocycles. The van der Waals surface area contributed by atoms with E-state index in [1.54, 1.807) is 24.3 Å². The predicted molar refractivity (Wildman–Crippen MR) is 151 cm³/mol. The molecule has 0 aliphatic carbocycles. The van der Waals surface area contributed by atoms with Gasteiger partial charge in [0.05, 0.1) is 5.69 Å². The maximum atomic E-state index is 14.0. The van der Waals surface area contributed by atoms with Crippen molar-refractivity contribution in [1.82, 2.24) is 20.1 Å². The third-order valence-corrected chi connectivity index (χ3v) is 6.54. The van der Waals surface area contributed by atoms with Gasteiger partial charge in [-0.1, -0.05) is 44.2 Å². The minimum atomic E-state index is -6.43. The molecule has 2 amide bonds. The molecule has 0 aliphatic heterocycles. The van der Waals surface area contributed by atoms with E-state index in [9.17, 15) is 35.5 Å². The van der Waals surface area contributed by atoms with E-state index in [1.807, 2.05) is 24.3 Å². The van der Waals surface area contributed by atoms with Gasteiger partial charge < -0.3 is 16.0 Å². The molecule has 4 rings (SSSR count). The van der Waals surface area contributed by atoms with E-state index >= 15 is 0 Å². The Bertz CT molecular complexity index is 1560. The Morgan fingerprint density at radius 2 is 1.51 bits per heavy atom. The first-order valence-corrected chi connectivity index (χ1v) is 13.2. The highest BCUT2D eigenvalue weighted by Crippen LogP contribution is 2.51. The second kappa shape index (κ2) is 12.1. The molecule has 228 valence electrons. The number of halogens is 7. The lowest BCUT2D eigenvalue weighted by Gasteiger charge is -2.28. The van der Waals surface area contributed by atoms with Gasteiger partial charge in [0.2, 0.25) is 0 Å². The van der Waals surface area contributed by atoms with Crippen LogP contribution in [0.1, 0.15) is 30.9 Å². The summed E-state index contributed by atoms with van der Waals surface area (Å²) in [6, 6.07) is 16.3. The monoisotopic (exact) mass is 626 g/mol. The zero-order chi connectivity index (χ0) is 31.6. The molecule has 0 radical (unpaired) electrons. The third kappa shape index (κ3) is 6.87. The molecule has 7 nitrogen and oxygen atoms in total. The number of thiol groups is 1. The fourth-order valence-corrected chi connectivity index (χ4v) is 4.27. The normalized spacial score (nSPS) is 13.1. The van der Waals surface area contributed by atoms with Crippen molar-refractivity contribution in [3.05, 3.63) is 90.3 Å². The summed E-state index contributed by atoms with van der Waals surface area (Å²) < 4.78 is 93.2. The maximum Gasteiger partial charge on any atom is 0.460 e. The average molecular weight is 627 g/mol. The molecule has 1 atom stereocenters. The molecule has 0 saturated carbocycles. The molecule has 0 bridgehead atoms. The van der Waals surface area contributed by atoms with Crippen LogP contribution in [0.4, 0.5) is 46.9 Å². The molecule has 1 unspecified atom stereocenters. The summed E-state index contributed by atoms with van der Waals surface area (Å²) in [6.45, 7) is 4.10. The highest BCUT2D eigenvalue weighted by molar-refractivity contribution is 7.81. The van der Waals surface area contributed by atoms with Crippen LogP contribution < -0.4 is 16.0 Å². The molecular formula is C28H25F7N6OS. The maximum absolute atomic E-state index is 14.0. The first-order chi connectivity index (χ1) is 20.1. The number of benzene rings is 3. The highest BCUT2D eigenvalue weighted by atomic mass is 32.1. The summed E-state index contributed by atoms with van der Waals surface area (Å²) in [6.07, 6.45) is -5.22. The Kier molecular flexibility index (Phi) is 8.94. The van der Waals surface area contributed by atoms with Crippen LogP contribution in [0, 0.1) is 0 Å². The van der Waals surface area contributed by atoms with Crippen molar-refractivity contribution < 1.29 is 35.5 Å². The van der Waals surface area contributed by atoms with Crippen molar-refractivity contribution in [3.8, 4) is 17.1 Å². The van der Waals surface area contributed by atoms with Gasteiger partial charge in [-0.15, -0.1) is 17.7 Å². The Balaban J connectivity index is 1.38. The molecule has 3 aromatic carbocycles. The van der Waals surface area contributed by atoms with Crippen LogP contribution in [-0.2, 0) is 5.92 Å². The van der Waals surface area contributed by atoms with Crippen molar-refractivity contribution in [1.29, 1.82) is 0 Å². The van der Waals surface area contributed by atoms with Crippen molar-refractivity contribution >= 4 is 30.0 Å². The lowest BCUT2D eigenvalue weighted by molar-refractivity contribution is -0.359. The fraction of sp³-hybridized carbons (Fsp3) is 0.250. The number of nitrogens with one attached hydrogen (secondary N) is 3. The van der Waals surface area contributed by atoms with Crippen LogP contribution in [0.5, 0.6) is 0 Å². The Hall–Kier alpha value is -4.27. The quantitative estimate of drug-likeness (QED) is 0.0869. The van der Waals surface area contributed by atoms with E-state index in [1.165, 1.54) is 6.33 Å². The number of hydrogen-bond acceptors (Lipinski definition) is 5. The third-order valence-electron chi connectivity index (χ3n) is 6.28. The van der Waals surface area contributed by atoms with E-state index < -0.39 is 35.1 Å². The molecule has 0 fully saturated rings. The Morgan fingerprint density at radius 3 is 2.12 bits per heavy atom. The van der Waals surface area contributed by atoms with Crippen LogP contribution in [-0.4, -0.2) is 38.4 Å². The van der Waals surface area contributed by atoms with Gasteiger partial charge in [0.15, 0.2) is 5.82 Å². The number of amides is 2. The minimum Gasteiger partial charge on any atom is -0.357 e. The Labute approximate surface area is 246 Å². The highest BCUT2D eigenvalue weighted by Gasteiger charge is 2.73.